The number of aromatic nitrogens is 2. The average Bonchev–Trinajstić information content (AvgIpc) is 3.33. The lowest BCUT2D eigenvalue weighted by Crippen LogP contribution is -2.34. The lowest BCUT2D eigenvalue weighted by atomic mass is 9.96. The fourth-order valence-corrected chi connectivity index (χ4v) is 5.19. The summed E-state index contributed by atoms with van der Waals surface area (Å²) in [5, 5.41) is 3.50. The van der Waals surface area contributed by atoms with Gasteiger partial charge in [-0.1, -0.05) is 37.7 Å². The number of nitrogens with zero attached hydrogens (tertiary/aromatic N) is 3. The Morgan fingerprint density at radius 3 is 2.62 bits per heavy atom. The number of hydrogen-bond acceptors (Lipinski definition) is 5. The van der Waals surface area contributed by atoms with Gasteiger partial charge in [0.05, 0.1) is 17.5 Å². The van der Waals surface area contributed by atoms with E-state index in [0.717, 1.165) is 59.5 Å². The van der Waals surface area contributed by atoms with Gasteiger partial charge in [0.2, 0.25) is 0 Å². The summed E-state index contributed by atoms with van der Waals surface area (Å²) in [5.41, 5.74) is 4.32. The highest BCUT2D eigenvalue weighted by Crippen LogP contribution is 2.29. The van der Waals surface area contributed by atoms with Crippen molar-refractivity contribution in [3.8, 4) is 0 Å². The minimum absolute atomic E-state index is 0. The second kappa shape index (κ2) is 11.8. The van der Waals surface area contributed by atoms with Crippen LogP contribution < -0.4 is 5.32 Å². The molecule has 32 heavy (non-hydrogen) atoms. The van der Waals surface area contributed by atoms with Crippen LogP contribution >= 0.6 is 36.2 Å². The molecule has 6 nitrogen and oxygen atoms in total. The maximum Gasteiger partial charge on any atom is 0.265 e. The molecule has 3 rings (SSSR count). The van der Waals surface area contributed by atoms with Crippen LogP contribution in [0, 0.1) is 19.3 Å². The number of fused-ring (bicyclic) bond motifs is 1. The van der Waals surface area contributed by atoms with E-state index in [4.69, 9.17) is 9.72 Å². The third kappa shape index (κ3) is 6.94. The zero-order valence-electron chi connectivity index (χ0n) is 20.3. The summed E-state index contributed by atoms with van der Waals surface area (Å²) in [4.78, 5) is 21.3. The van der Waals surface area contributed by atoms with Gasteiger partial charge in [0.15, 0.2) is 4.96 Å². The number of nitrogens with one attached hydrogen (secondary N) is 1. The van der Waals surface area contributed by atoms with E-state index in [2.05, 4.69) is 43.5 Å². The standard InChI is InChI=1S/C23H36N4O2S.2ClH/c1-15(12-24-13-18-9-8-10-29-18)11-19-16(2)25-22-27(19)17(3)20(30-22)21(28)26(7)14-23(4,5)6;;/h11,18,24H,8-10,12-14H2,1-7H3;2*1H/b15-11+;;/t18-;;/m1../s1. The summed E-state index contributed by atoms with van der Waals surface area (Å²) in [6.07, 6.45) is 4.84. The molecule has 1 saturated heterocycles. The molecule has 0 saturated carbocycles. The highest BCUT2D eigenvalue weighted by molar-refractivity contribution is 7.19. The van der Waals surface area contributed by atoms with E-state index in [-0.39, 0.29) is 36.1 Å². The molecule has 1 amide bonds. The van der Waals surface area contributed by atoms with Crippen molar-refractivity contribution in [3.05, 3.63) is 27.5 Å². The van der Waals surface area contributed by atoms with Crippen molar-refractivity contribution in [2.24, 2.45) is 5.41 Å². The lowest BCUT2D eigenvalue weighted by molar-refractivity contribution is 0.0749. The predicted molar refractivity (Wildman–Crippen MR) is 139 cm³/mol. The monoisotopic (exact) mass is 504 g/mol. The second-order valence-electron chi connectivity index (χ2n) is 9.70. The zero-order valence-corrected chi connectivity index (χ0v) is 22.7. The number of carbonyl (C=O) groups is 1. The number of carbonyl (C=O) groups excluding carboxylic acids is 1. The molecular weight excluding hydrogens is 467 g/mol. The SMILES string of the molecule is C/C(=C\c1c(C)nc2sc(C(=O)N(C)CC(C)(C)C)c(C)n12)CNC[C@H]1CCCO1.Cl.Cl. The van der Waals surface area contributed by atoms with Crippen LogP contribution in [0.4, 0.5) is 0 Å². The number of halogens is 2. The van der Waals surface area contributed by atoms with Gasteiger partial charge in [0.25, 0.3) is 5.91 Å². The number of amides is 1. The molecule has 182 valence electrons. The van der Waals surface area contributed by atoms with Gasteiger partial charge in [-0.2, -0.15) is 0 Å². The molecule has 2 aromatic rings. The van der Waals surface area contributed by atoms with Gasteiger partial charge in [0.1, 0.15) is 4.88 Å². The Bertz CT molecular complexity index is 940. The Balaban J connectivity index is 0.00000256. The fourth-order valence-electron chi connectivity index (χ4n) is 4.02. The Kier molecular flexibility index (Phi) is 10.7. The van der Waals surface area contributed by atoms with Crippen molar-refractivity contribution in [3.63, 3.8) is 0 Å². The number of hydrogen-bond donors (Lipinski definition) is 1. The predicted octanol–water partition coefficient (Wildman–Crippen LogP) is 5.15. The lowest BCUT2D eigenvalue weighted by Gasteiger charge is -2.26. The van der Waals surface area contributed by atoms with Crippen LogP contribution in [-0.4, -0.2) is 59.6 Å². The molecule has 0 unspecified atom stereocenters. The molecule has 1 N–H and O–H groups in total. The fraction of sp³-hybridized carbons (Fsp3) is 0.652. The van der Waals surface area contributed by atoms with Crippen molar-refractivity contribution >= 4 is 53.1 Å². The number of rotatable bonds is 7. The third-order valence-corrected chi connectivity index (χ3v) is 6.49. The van der Waals surface area contributed by atoms with Crippen molar-refractivity contribution in [1.29, 1.82) is 0 Å². The smallest absolute Gasteiger partial charge is 0.265 e. The quantitative estimate of drug-likeness (QED) is 0.566. The number of ether oxygens (including phenoxy) is 1. The normalized spacial score (nSPS) is 16.7. The van der Waals surface area contributed by atoms with Crippen LogP contribution in [0.5, 0.6) is 0 Å². The molecule has 3 heterocycles. The molecule has 1 aliphatic heterocycles. The van der Waals surface area contributed by atoms with Crippen molar-refractivity contribution in [2.75, 3.05) is 33.3 Å². The molecule has 2 aromatic heterocycles. The van der Waals surface area contributed by atoms with Crippen LogP contribution in [0.1, 0.15) is 67.3 Å². The summed E-state index contributed by atoms with van der Waals surface area (Å²) in [6, 6.07) is 0. The minimum atomic E-state index is 0. The molecule has 0 spiro atoms. The van der Waals surface area contributed by atoms with E-state index < -0.39 is 0 Å². The van der Waals surface area contributed by atoms with E-state index in [1.807, 2.05) is 25.8 Å². The van der Waals surface area contributed by atoms with E-state index in [1.54, 1.807) is 0 Å². The van der Waals surface area contributed by atoms with Gasteiger partial charge < -0.3 is 15.0 Å². The largest absolute Gasteiger partial charge is 0.377 e. The summed E-state index contributed by atoms with van der Waals surface area (Å²) < 4.78 is 7.80. The summed E-state index contributed by atoms with van der Waals surface area (Å²) in [7, 11) is 1.88. The Labute approximate surface area is 208 Å². The Morgan fingerprint density at radius 2 is 2.03 bits per heavy atom. The van der Waals surface area contributed by atoms with Gasteiger partial charge in [-0.3, -0.25) is 9.20 Å². The van der Waals surface area contributed by atoms with Gasteiger partial charge in [0, 0.05) is 39.0 Å². The van der Waals surface area contributed by atoms with E-state index in [0.29, 0.717) is 12.6 Å². The van der Waals surface area contributed by atoms with Crippen LogP contribution in [0.25, 0.3) is 11.0 Å². The molecule has 0 radical (unpaired) electrons. The average molecular weight is 506 g/mol. The van der Waals surface area contributed by atoms with Gasteiger partial charge in [-0.15, -0.1) is 24.8 Å². The third-order valence-electron chi connectivity index (χ3n) is 5.36. The van der Waals surface area contributed by atoms with Crippen molar-refractivity contribution in [2.45, 2.75) is 60.5 Å². The minimum Gasteiger partial charge on any atom is -0.377 e. The Hall–Kier alpha value is -1.12. The first-order chi connectivity index (χ1) is 14.1. The summed E-state index contributed by atoms with van der Waals surface area (Å²) in [6.45, 7) is 15.9. The van der Waals surface area contributed by atoms with Crippen LogP contribution in [0.15, 0.2) is 5.57 Å². The van der Waals surface area contributed by atoms with E-state index >= 15 is 0 Å². The highest BCUT2D eigenvalue weighted by atomic mass is 35.5. The maximum atomic E-state index is 13.1. The van der Waals surface area contributed by atoms with Crippen molar-refractivity contribution < 1.29 is 9.53 Å². The highest BCUT2D eigenvalue weighted by Gasteiger charge is 2.25. The summed E-state index contributed by atoms with van der Waals surface area (Å²) in [5.74, 6) is 0.0699. The van der Waals surface area contributed by atoms with E-state index in [9.17, 15) is 4.79 Å². The zero-order chi connectivity index (χ0) is 22.1. The number of imidazole rings is 1. The molecule has 0 aromatic carbocycles. The Morgan fingerprint density at radius 1 is 1.34 bits per heavy atom. The van der Waals surface area contributed by atoms with Gasteiger partial charge in [-0.05, 0) is 45.1 Å². The molecule has 0 aliphatic carbocycles. The molecule has 1 atom stereocenters. The van der Waals surface area contributed by atoms with Crippen LogP contribution in [0.3, 0.4) is 0 Å². The molecule has 1 fully saturated rings. The van der Waals surface area contributed by atoms with Crippen molar-refractivity contribution in [1.82, 2.24) is 19.6 Å². The topological polar surface area (TPSA) is 58.9 Å². The molecule has 0 bridgehead atoms. The summed E-state index contributed by atoms with van der Waals surface area (Å²) >= 11 is 1.48. The number of aryl methyl sites for hydroxylation is 2. The first kappa shape index (κ1) is 28.9. The second-order valence-corrected chi connectivity index (χ2v) is 10.7. The molecule has 9 heteroatoms. The first-order valence-corrected chi connectivity index (χ1v) is 11.6. The van der Waals surface area contributed by atoms with Gasteiger partial charge >= 0.3 is 0 Å². The van der Waals surface area contributed by atoms with E-state index in [1.165, 1.54) is 16.9 Å². The maximum absolute atomic E-state index is 13.1. The molecular formula is C23H38Cl2N4O2S. The van der Waals surface area contributed by atoms with Gasteiger partial charge in [-0.25, -0.2) is 4.98 Å². The molecule has 1 aliphatic rings. The number of thiazole rings is 1. The first-order valence-electron chi connectivity index (χ1n) is 10.8. The van der Waals surface area contributed by atoms with Crippen LogP contribution in [-0.2, 0) is 4.74 Å². The van der Waals surface area contributed by atoms with Crippen LogP contribution in [0.2, 0.25) is 0 Å².